The van der Waals surface area contributed by atoms with E-state index in [1.165, 1.54) is 27.9 Å². The number of esters is 1. The number of Topliss-reactive ketones (excluding diaryl/α,β-unsaturated/α-hetero) is 1. The van der Waals surface area contributed by atoms with Crippen molar-refractivity contribution in [2.24, 2.45) is 23.7 Å². The predicted octanol–water partition coefficient (Wildman–Crippen LogP) is 1.34. The molecule has 0 aliphatic carbocycles. The molecule has 5 N–H and O–H groups in total. The molecular formula is C29H52O11. The summed E-state index contributed by atoms with van der Waals surface area (Å²) >= 11 is 0. The standard InChI is InChI=1S/C29H52O11/c1-11-19-29(9,36)24(32)15(3)21(30)14(2)12-27(7,35)23(31)16(4)22(17(5)26(34)39-19)40-20-13-28(8,37-10)25(33)18(6)38-20/h14-20,22-25,31-33,35-36H,11-13H2,1-10H3/t14-,15+,16+,17-,18+,19-,20+,22+,23-,24-,25+,27-,28-,29-/m1/s1. The van der Waals surface area contributed by atoms with Gasteiger partial charge in [-0.25, -0.2) is 0 Å². The van der Waals surface area contributed by atoms with Crippen molar-refractivity contribution in [3.8, 4) is 0 Å². The number of rotatable bonds is 4. The summed E-state index contributed by atoms with van der Waals surface area (Å²) in [5.74, 6) is -4.84. The summed E-state index contributed by atoms with van der Waals surface area (Å²) in [5.41, 5.74) is -4.73. The SMILES string of the molecule is CC[C@H]1OC(=O)[C@H](C)[C@@H](O[C@H]2C[C@@](C)(OC)[C@@H](O)[C@H](C)O2)[C@H](C)[C@@H](O)[C@](C)(O)C[C@@H](C)C(=O)[C@H](C)[C@@H](O)[C@]1(C)O. The molecule has 2 aliphatic rings. The minimum atomic E-state index is -1.95. The maximum Gasteiger partial charge on any atom is 0.311 e. The van der Waals surface area contributed by atoms with E-state index in [1.54, 1.807) is 41.5 Å². The molecule has 2 saturated heterocycles. The summed E-state index contributed by atoms with van der Waals surface area (Å²) < 4.78 is 23.5. The number of carbonyl (C=O) groups excluding carboxylic acids is 2. The van der Waals surface area contributed by atoms with Gasteiger partial charge >= 0.3 is 5.97 Å². The Morgan fingerprint density at radius 3 is 2.00 bits per heavy atom. The number of cyclic esters (lactones) is 1. The van der Waals surface area contributed by atoms with Crippen molar-refractivity contribution in [2.45, 2.75) is 141 Å². The maximum absolute atomic E-state index is 13.5. The summed E-state index contributed by atoms with van der Waals surface area (Å²) in [7, 11) is 1.47. The molecule has 2 fully saturated rings. The van der Waals surface area contributed by atoms with Crippen LogP contribution in [-0.2, 0) is 28.5 Å². The van der Waals surface area contributed by atoms with Crippen LogP contribution < -0.4 is 0 Å². The molecule has 14 atom stereocenters. The van der Waals surface area contributed by atoms with E-state index in [0.717, 1.165) is 0 Å². The first-order valence-electron chi connectivity index (χ1n) is 14.3. The number of aliphatic hydroxyl groups is 5. The fraction of sp³-hybridized carbons (Fsp3) is 0.931. The van der Waals surface area contributed by atoms with E-state index in [4.69, 9.17) is 18.9 Å². The van der Waals surface area contributed by atoms with E-state index in [0.29, 0.717) is 0 Å². The van der Waals surface area contributed by atoms with Crippen LogP contribution in [0.15, 0.2) is 0 Å². The van der Waals surface area contributed by atoms with Crippen molar-refractivity contribution < 1.29 is 54.1 Å². The van der Waals surface area contributed by atoms with E-state index in [9.17, 15) is 35.1 Å². The average molecular weight is 577 g/mol. The van der Waals surface area contributed by atoms with Gasteiger partial charge in [0.25, 0.3) is 0 Å². The highest BCUT2D eigenvalue weighted by Crippen LogP contribution is 2.38. The molecular weight excluding hydrogens is 524 g/mol. The van der Waals surface area contributed by atoms with Gasteiger partial charge in [-0.1, -0.05) is 27.7 Å². The number of methoxy groups -OCH3 is 1. The highest BCUT2D eigenvalue weighted by atomic mass is 16.7. The fourth-order valence-electron chi connectivity index (χ4n) is 6.35. The van der Waals surface area contributed by atoms with Crippen molar-refractivity contribution in [3.63, 3.8) is 0 Å². The molecule has 2 heterocycles. The van der Waals surface area contributed by atoms with E-state index in [2.05, 4.69) is 0 Å². The van der Waals surface area contributed by atoms with Crippen LogP contribution in [0.1, 0.15) is 81.6 Å². The van der Waals surface area contributed by atoms with Crippen molar-refractivity contribution in [1.29, 1.82) is 0 Å². The van der Waals surface area contributed by atoms with Gasteiger partial charge in [-0.2, -0.15) is 0 Å². The number of hydrogen-bond acceptors (Lipinski definition) is 11. The third-order valence-corrected chi connectivity index (χ3v) is 9.31. The van der Waals surface area contributed by atoms with Gasteiger partial charge in [-0.05, 0) is 47.5 Å². The lowest BCUT2D eigenvalue weighted by atomic mass is 9.74. The first kappa shape index (κ1) is 35.0. The summed E-state index contributed by atoms with van der Waals surface area (Å²) in [6, 6.07) is 0. The molecule has 0 spiro atoms. The normalized spacial score (nSPS) is 50.2. The van der Waals surface area contributed by atoms with E-state index < -0.39 is 95.1 Å². The Bertz CT molecular complexity index is 876. The van der Waals surface area contributed by atoms with Gasteiger partial charge in [0.1, 0.15) is 23.6 Å². The lowest BCUT2D eigenvalue weighted by Crippen LogP contribution is -2.59. The Labute approximate surface area is 238 Å². The molecule has 234 valence electrons. The minimum absolute atomic E-state index is 0.119. The zero-order valence-corrected chi connectivity index (χ0v) is 25.7. The number of hydrogen-bond donors (Lipinski definition) is 5. The van der Waals surface area contributed by atoms with Gasteiger partial charge < -0.3 is 44.5 Å². The lowest BCUT2D eigenvalue weighted by Gasteiger charge is -2.47. The molecule has 0 unspecified atom stereocenters. The van der Waals surface area contributed by atoms with Crippen LogP contribution in [0.5, 0.6) is 0 Å². The number of ether oxygens (including phenoxy) is 4. The van der Waals surface area contributed by atoms with Gasteiger partial charge in [0, 0.05) is 31.3 Å². The minimum Gasteiger partial charge on any atom is -0.459 e. The first-order valence-corrected chi connectivity index (χ1v) is 14.3. The fourth-order valence-corrected chi connectivity index (χ4v) is 6.35. The van der Waals surface area contributed by atoms with Crippen LogP contribution in [0.2, 0.25) is 0 Å². The van der Waals surface area contributed by atoms with Crippen LogP contribution >= 0.6 is 0 Å². The largest absolute Gasteiger partial charge is 0.459 e. The van der Waals surface area contributed by atoms with Crippen molar-refractivity contribution in [2.75, 3.05) is 7.11 Å². The van der Waals surface area contributed by atoms with Gasteiger partial charge in [-0.3, -0.25) is 9.59 Å². The Hall–Kier alpha value is -1.18. The van der Waals surface area contributed by atoms with Crippen molar-refractivity contribution in [3.05, 3.63) is 0 Å². The van der Waals surface area contributed by atoms with Gasteiger partial charge in [0.2, 0.25) is 0 Å². The molecule has 0 saturated carbocycles. The van der Waals surface area contributed by atoms with Gasteiger partial charge in [0.05, 0.1) is 41.5 Å². The van der Waals surface area contributed by atoms with Crippen molar-refractivity contribution in [1.82, 2.24) is 0 Å². The topological polar surface area (TPSA) is 172 Å². The van der Waals surface area contributed by atoms with Crippen LogP contribution in [0.3, 0.4) is 0 Å². The van der Waals surface area contributed by atoms with Crippen LogP contribution in [0.4, 0.5) is 0 Å². The molecule has 0 bridgehead atoms. The zero-order valence-electron chi connectivity index (χ0n) is 25.7. The molecule has 11 heteroatoms. The third-order valence-electron chi connectivity index (χ3n) is 9.31. The summed E-state index contributed by atoms with van der Waals surface area (Å²) in [5, 5.41) is 55.6. The number of ketones is 1. The first-order chi connectivity index (χ1) is 18.2. The second-order valence-electron chi connectivity index (χ2n) is 12.8. The summed E-state index contributed by atoms with van der Waals surface area (Å²) in [4.78, 5) is 26.7. The number of aliphatic hydroxyl groups excluding tert-OH is 3. The molecule has 11 nitrogen and oxygen atoms in total. The van der Waals surface area contributed by atoms with Crippen molar-refractivity contribution >= 4 is 11.8 Å². The molecule has 0 amide bonds. The Kier molecular flexibility index (Phi) is 11.4. The molecule has 0 radical (unpaired) electrons. The van der Waals surface area contributed by atoms with Crippen LogP contribution in [-0.4, -0.2) is 104 Å². The van der Waals surface area contributed by atoms with Crippen LogP contribution in [0.25, 0.3) is 0 Å². The van der Waals surface area contributed by atoms with Crippen LogP contribution in [0, 0.1) is 23.7 Å². The third kappa shape index (κ3) is 7.06. The molecule has 0 aromatic heterocycles. The monoisotopic (exact) mass is 576 g/mol. The summed E-state index contributed by atoms with van der Waals surface area (Å²) in [6.07, 6.45) is -7.59. The second-order valence-corrected chi connectivity index (χ2v) is 12.8. The second kappa shape index (κ2) is 13.0. The molecule has 0 aromatic rings. The predicted molar refractivity (Wildman–Crippen MR) is 145 cm³/mol. The van der Waals surface area contributed by atoms with E-state index in [1.807, 2.05) is 0 Å². The average Bonchev–Trinajstić information content (AvgIpc) is 2.89. The Morgan fingerprint density at radius 1 is 0.900 bits per heavy atom. The molecule has 40 heavy (non-hydrogen) atoms. The molecule has 2 aliphatic heterocycles. The molecule has 0 aromatic carbocycles. The summed E-state index contributed by atoms with van der Waals surface area (Å²) in [6.45, 7) is 14.1. The Morgan fingerprint density at radius 2 is 1.48 bits per heavy atom. The van der Waals surface area contributed by atoms with E-state index >= 15 is 0 Å². The highest BCUT2D eigenvalue weighted by Gasteiger charge is 2.51. The van der Waals surface area contributed by atoms with Gasteiger partial charge in [0.15, 0.2) is 6.29 Å². The smallest absolute Gasteiger partial charge is 0.311 e. The van der Waals surface area contributed by atoms with E-state index in [-0.39, 0.29) is 19.3 Å². The highest BCUT2D eigenvalue weighted by molar-refractivity contribution is 5.83. The molecule has 2 rings (SSSR count). The zero-order chi connectivity index (χ0) is 31.0. The number of carbonyl (C=O) groups is 2. The Balaban J connectivity index is 2.55. The maximum atomic E-state index is 13.5. The quantitative estimate of drug-likeness (QED) is 0.306. The van der Waals surface area contributed by atoms with Gasteiger partial charge in [-0.15, -0.1) is 0 Å². The lowest BCUT2D eigenvalue weighted by molar-refractivity contribution is -0.299.